The number of aromatic nitrogens is 4. The van der Waals surface area contributed by atoms with Crippen molar-refractivity contribution in [1.82, 2.24) is 25.1 Å². The Kier molecular flexibility index (Phi) is 7.65. The van der Waals surface area contributed by atoms with Crippen LogP contribution in [0.15, 0.2) is 23.0 Å². The zero-order chi connectivity index (χ0) is 31.4. The van der Waals surface area contributed by atoms with E-state index in [0.717, 1.165) is 12.8 Å². The average Bonchev–Trinajstić information content (AvgIpc) is 3.54. The van der Waals surface area contributed by atoms with Gasteiger partial charge in [0.25, 0.3) is 5.91 Å². The molecule has 10 nitrogen and oxygen atoms in total. The van der Waals surface area contributed by atoms with Gasteiger partial charge in [0.05, 0.1) is 55.1 Å². The number of imidazole rings is 1. The van der Waals surface area contributed by atoms with E-state index in [4.69, 9.17) is 20.0 Å². The second kappa shape index (κ2) is 11.1. The van der Waals surface area contributed by atoms with Crippen LogP contribution in [0.3, 0.4) is 0 Å². The Morgan fingerprint density at radius 2 is 1.86 bits per heavy atom. The zero-order valence-electron chi connectivity index (χ0n) is 24.0. The van der Waals surface area contributed by atoms with Crippen molar-refractivity contribution >= 4 is 17.5 Å². The quantitative estimate of drug-likeness (QED) is 0.304. The molecule has 0 bridgehead atoms. The van der Waals surface area contributed by atoms with Crippen LogP contribution in [-0.2, 0) is 14.9 Å². The van der Waals surface area contributed by atoms with E-state index in [1.165, 1.54) is 10.7 Å². The van der Waals surface area contributed by atoms with Gasteiger partial charge in [-0.1, -0.05) is 5.16 Å². The van der Waals surface area contributed by atoms with Gasteiger partial charge in [-0.05, 0) is 56.1 Å². The number of carbonyl (C=O) groups excluding carboxylic acids is 2. The van der Waals surface area contributed by atoms with Crippen LogP contribution >= 0.6 is 0 Å². The Hall–Kier alpha value is -3.62. The fraction of sp³-hybridized carbons (Fsp3) is 0.621. The Bertz CT molecular complexity index is 1550. The minimum Gasteiger partial charge on any atom is -0.379 e. The molecule has 6 rings (SSSR count). The minimum absolute atomic E-state index is 0.0581. The summed E-state index contributed by atoms with van der Waals surface area (Å²) < 4.78 is 79.0. The van der Waals surface area contributed by atoms with Crippen molar-refractivity contribution in [2.45, 2.75) is 87.8 Å². The number of carbonyl (C=O) groups is 2. The largest absolute Gasteiger partial charge is 0.389 e. The van der Waals surface area contributed by atoms with E-state index in [2.05, 4.69) is 15.6 Å². The first kappa shape index (κ1) is 30.4. The van der Waals surface area contributed by atoms with Gasteiger partial charge in [0.2, 0.25) is 11.8 Å². The molecule has 3 aromatic rings. The molecule has 2 saturated carbocycles. The highest BCUT2D eigenvalue weighted by molar-refractivity contribution is 5.95. The van der Waals surface area contributed by atoms with Gasteiger partial charge in [0.1, 0.15) is 11.3 Å². The molecule has 0 spiro atoms. The molecule has 15 heteroatoms. The Morgan fingerprint density at radius 1 is 1.16 bits per heavy atom. The first-order chi connectivity index (χ1) is 20.7. The lowest BCUT2D eigenvalue weighted by molar-refractivity contribution is -0.144. The summed E-state index contributed by atoms with van der Waals surface area (Å²) in [6.45, 7) is 2.50. The highest BCUT2D eigenvalue weighted by Crippen LogP contribution is 2.47. The van der Waals surface area contributed by atoms with Crippen LogP contribution in [0.5, 0.6) is 0 Å². The second-order valence-electron chi connectivity index (χ2n) is 12.6. The molecule has 2 atom stereocenters. The lowest BCUT2D eigenvalue weighted by Crippen LogP contribution is -2.45. The number of nitrogens with zero attached hydrogens (tertiary/aromatic N) is 4. The first-order valence-electron chi connectivity index (χ1n) is 14.7. The first-order valence-corrected chi connectivity index (χ1v) is 14.7. The summed E-state index contributed by atoms with van der Waals surface area (Å²) >= 11 is 0. The number of fused-ring (bicyclic) bond motifs is 1. The normalized spacial score (nSPS) is 21.5. The topological polar surface area (TPSA) is 138 Å². The molecular formula is C29H33F5N6O4. The maximum Gasteiger partial charge on any atom is 0.389 e. The highest BCUT2D eigenvalue weighted by atomic mass is 19.4. The predicted octanol–water partition coefficient (Wildman–Crippen LogP) is 4.97. The molecule has 0 aromatic carbocycles. The molecule has 3 fully saturated rings. The number of nitrogens with one attached hydrogen (secondary N) is 1. The lowest BCUT2D eigenvalue weighted by Gasteiger charge is -2.36. The lowest BCUT2D eigenvalue weighted by atomic mass is 9.74. The van der Waals surface area contributed by atoms with Crippen LogP contribution in [0.1, 0.15) is 103 Å². The number of amides is 2. The second-order valence-corrected chi connectivity index (χ2v) is 12.6. The third-order valence-corrected chi connectivity index (χ3v) is 8.98. The van der Waals surface area contributed by atoms with Gasteiger partial charge in [-0.2, -0.15) is 18.3 Å². The number of rotatable bonds is 10. The van der Waals surface area contributed by atoms with Gasteiger partial charge in [0.15, 0.2) is 11.4 Å². The molecule has 3 aliphatic rings. The molecular weight excluding hydrogens is 591 g/mol. The number of hydrogen-bond donors (Lipinski definition) is 2. The number of hydrogen-bond acceptors (Lipinski definition) is 7. The van der Waals surface area contributed by atoms with E-state index in [1.54, 1.807) is 12.3 Å². The molecule has 2 amide bonds. The maximum absolute atomic E-state index is 14.2. The van der Waals surface area contributed by atoms with Crippen LogP contribution in [-0.4, -0.2) is 56.9 Å². The smallest absolute Gasteiger partial charge is 0.379 e. The average molecular weight is 625 g/mol. The summed E-state index contributed by atoms with van der Waals surface area (Å²) in [5, 5.41) is 11.4. The molecule has 0 radical (unpaired) electrons. The monoisotopic (exact) mass is 624 g/mol. The number of halogens is 5. The van der Waals surface area contributed by atoms with Gasteiger partial charge in [-0.15, -0.1) is 0 Å². The number of nitrogens with two attached hydrogens (primary N) is 1. The van der Waals surface area contributed by atoms with Crippen molar-refractivity contribution in [1.29, 1.82) is 0 Å². The summed E-state index contributed by atoms with van der Waals surface area (Å²) in [4.78, 5) is 29.9. The van der Waals surface area contributed by atoms with Crippen LogP contribution in [0.2, 0.25) is 0 Å². The standard InChI is InChI=1S/C29H33F5N6O4/c1-27(13-43-14-27)25-22(26(35)42)24(44-39-25)21(15-4-7-28(30,31)8-5-15)18-12-40-19(37-18)10-17(11-36-40)23(16-2-3-16)38-20(41)6-9-29(32,33)34/h10-12,15-16,21,23H,2-9,13-14H2,1H3,(H2,35,42)(H,38,41)/t21-,23+/m0/s1. The molecule has 3 N–H and O–H groups in total. The molecule has 4 heterocycles. The number of ether oxygens (including phenoxy) is 1. The van der Waals surface area contributed by atoms with Crippen LogP contribution in [0, 0.1) is 11.8 Å². The molecule has 1 aliphatic heterocycles. The zero-order valence-corrected chi connectivity index (χ0v) is 24.0. The third-order valence-electron chi connectivity index (χ3n) is 8.98. The van der Waals surface area contributed by atoms with Crippen molar-refractivity contribution in [3.63, 3.8) is 0 Å². The van der Waals surface area contributed by atoms with Gasteiger partial charge in [0, 0.05) is 19.3 Å². The molecule has 2 aliphatic carbocycles. The molecule has 1 saturated heterocycles. The van der Waals surface area contributed by atoms with Crippen LogP contribution in [0.4, 0.5) is 22.0 Å². The third kappa shape index (κ3) is 6.15. The Labute approximate surface area is 248 Å². The maximum atomic E-state index is 14.2. The Morgan fingerprint density at radius 3 is 2.45 bits per heavy atom. The van der Waals surface area contributed by atoms with Gasteiger partial charge in [-0.25, -0.2) is 18.3 Å². The summed E-state index contributed by atoms with van der Waals surface area (Å²) in [7, 11) is 0. The predicted molar refractivity (Wildman–Crippen MR) is 144 cm³/mol. The van der Waals surface area contributed by atoms with Crippen molar-refractivity contribution in [2.75, 3.05) is 13.2 Å². The van der Waals surface area contributed by atoms with E-state index in [-0.39, 0.29) is 48.8 Å². The molecule has 44 heavy (non-hydrogen) atoms. The van der Waals surface area contributed by atoms with Gasteiger partial charge < -0.3 is 20.3 Å². The highest BCUT2D eigenvalue weighted by Gasteiger charge is 2.47. The van der Waals surface area contributed by atoms with Crippen LogP contribution < -0.4 is 11.1 Å². The fourth-order valence-corrected chi connectivity index (χ4v) is 6.33. The number of alkyl halides is 5. The van der Waals surface area contributed by atoms with Gasteiger partial charge >= 0.3 is 6.18 Å². The van der Waals surface area contributed by atoms with Gasteiger partial charge in [-0.3, -0.25) is 9.59 Å². The summed E-state index contributed by atoms with van der Waals surface area (Å²) in [5.41, 5.74) is 7.08. The van der Waals surface area contributed by atoms with E-state index in [1.807, 2.05) is 6.92 Å². The molecule has 0 unspecified atom stereocenters. The summed E-state index contributed by atoms with van der Waals surface area (Å²) in [6, 6.07) is 1.16. The number of primary amides is 1. The van der Waals surface area contributed by atoms with Crippen molar-refractivity contribution in [3.8, 4) is 0 Å². The van der Waals surface area contributed by atoms with Crippen molar-refractivity contribution in [2.24, 2.45) is 17.6 Å². The van der Waals surface area contributed by atoms with E-state index < -0.39 is 54.1 Å². The van der Waals surface area contributed by atoms with Crippen LogP contribution in [0.25, 0.3) is 5.65 Å². The van der Waals surface area contributed by atoms with E-state index >= 15 is 0 Å². The molecule has 238 valence electrons. The minimum atomic E-state index is -4.44. The Balaban J connectivity index is 1.35. The summed E-state index contributed by atoms with van der Waals surface area (Å²) in [5.74, 6) is -5.14. The summed E-state index contributed by atoms with van der Waals surface area (Å²) in [6.07, 6.45) is -1.94. The fourth-order valence-electron chi connectivity index (χ4n) is 6.33. The van der Waals surface area contributed by atoms with Crippen molar-refractivity contribution < 1.29 is 40.8 Å². The SMILES string of the molecule is CC1(c2noc([C@H](c3cn4ncc([C@H](NC(=O)CCC(F)(F)F)C5CC5)cc4n3)C3CCC(F)(F)CC3)c2C(N)=O)COC1. The van der Waals surface area contributed by atoms with E-state index in [0.29, 0.717) is 35.8 Å². The van der Waals surface area contributed by atoms with Crippen molar-refractivity contribution in [3.05, 3.63) is 46.7 Å². The van der Waals surface area contributed by atoms with E-state index in [9.17, 15) is 31.5 Å². The molecule has 3 aromatic heterocycles.